The molecule has 0 spiro atoms. The number of anilines is 1. The first-order chi connectivity index (χ1) is 17.3. The van der Waals surface area contributed by atoms with Crippen LogP contribution in [0.5, 0.6) is 11.5 Å². The van der Waals surface area contributed by atoms with Gasteiger partial charge < -0.3 is 9.47 Å². The van der Waals surface area contributed by atoms with Crippen molar-refractivity contribution in [3.05, 3.63) is 93.0 Å². The standard InChI is InChI=1S/C28H25BrN2O5/c1-4-35-25-15-20(8-12-24(25)36-16-19-6-9-21(29)10-7-19)14-23-26(32)30-28(34)31(27(23)33)22-11-5-17(2)18(3)13-22/h5-15H,4,16H2,1-3H3,(H,30,32,34)/b23-14+. The topological polar surface area (TPSA) is 84.9 Å². The summed E-state index contributed by atoms with van der Waals surface area (Å²) in [5, 5.41) is 2.26. The maximum Gasteiger partial charge on any atom is 0.335 e. The molecule has 0 radical (unpaired) electrons. The molecule has 0 atom stereocenters. The minimum absolute atomic E-state index is 0.154. The van der Waals surface area contributed by atoms with E-state index in [1.54, 1.807) is 30.3 Å². The highest BCUT2D eigenvalue weighted by Gasteiger charge is 2.37. The molecule has 1 saturated heterocycles. The minimum Gasteiger partial charge on any atom is -0.490 e. The molecule has 1 N–H and O–H groups in total. The SMILES string of the molecule is CCOc1cc(/C=C2\C(=O)NC(=O)N(c3ccc(C)c(C)c3)C2=O)ccc1OCc1ccc(Br)cc1. The Bertz CT molecular complexity index is 1360. The van der Waals surface area contributed by atoms with E-state index in [0.29, 0.717) is 36.0 Å². The van der Waals surface area contributed by atoms with Gasteiger partial charge in [0.2, 0.25) is 0 Å². The molecule has 0 saturated carbocycles. The number of amides is 4. The molecule has 4 rings (SSSR count). The second-order valence-corrected chi connectivity index (χ2v) is 9.20. The predicted molar refractivity (Wildman–Crippen MR) is 141 cm³/mol. The third-order valence-electron chi connectivity index (χ3n) is 5.74. The van der Waals surface area contributed by atoms with Crippen molar-refractivity contribution in [1.29, 1.82) is 0 Å². The molecule has 1 heterocycles. The third-order valence-corrected chi connectivity index (χ3v) is 6.27. The molecule has 0 aliphatic carbocycles. The van der Waals surface area contributed by atoms with E-state index >= 15 is 0 Å². The Labute approximate surface area is 217 Å². The van der Waals surface area contributed by atoms with Gasteiger partial charge in [0.1, 0.15) is 12.2 Å². The quantitative estimate of drug-likeness (QED) is 0.302. The number of aryl methyl sites for hydroxylation is 2. The van der Waals surface area contributed by atoms with Gasteiger partial charge in [-0.3, -0.25) is 14.9 Å². The van der Waals surface area contributed by atoms with Crippen molar-refractivity contribution in [2.24, 2.45) is 0 Å². The van der Waals surface area contributed by atoms with Crippen molar-refractivity contribution in [3.63, 3.8) is 0 Å². The van der Waals surface area contributed by atoms with E-state index in [4.69, 9.17) is 9.47 Å². The lowest BCUT2D eigenvalue weighted by Gasteiger charge is -2.27. The van der Waals surface area contributed by atoms with Crippen molar-refractivity contribution in [1.82, 2.24) is 5.32 Å². The third kappa shape index (κ3) is 5.49. The molecular formula is C28H25BrN2O5. The molecule has 36 heavy (non-hydrogen) atoms. The van der Waals surface area contributed by atoms with Crippen molar-refractivity contribution >= 4 is 45.5 Å². The number of hydrogen-bond acceptors (Lipinski definition) is 5. The highest BCUT2D eigenvalue weighted by atomic mass is 79.9. The molecule has 0 unspecified atom stereocenters. The predicted octanol–water partition coefficient (Wildman–Crippen LogP) is 5.71. The van der Waals surface area contributed by atoms with E-state index in [0.717, 1.165) is 26.1 Å². The molecule has 0 aromatic heterocycles. The molecule has 7 nitrogen and oxygen atoms in total. The van der Waals surface area contributed by atoms with Gasteiger partial charge >= 0.3 is 6.03 Å². The van der Waals surface area contributed by atoms with Crippen molar-refractivity contribution in [2.45, 2.75) is 27.4 Å². The highest BCUT2D eigenvalue weighted by molar-refractivity contribution is 9.10. The molecule has 184 valence electrons. The fraction of sp³-hybridized carbons (Fsp3) is 0.179. The maximum absolute atomic E-state index is 13.2. The van der Waals surface area contributed by atoms with Gasteiger partial charge in [-0.15, -0.1) is 0 Å². The maximum atomic E-state index is 13.2. The fourth-order valence-corrected chi connectivity index (χ4v) is 3.93. The van der Waals surface area contributed by atoms with E-state index in [9.17, 15) is 14.4 Å². The van der Waals surface area contributed by atoms with Crippen LogP contribution in [0, 0.1) is 13.8 Å². The molecule has 3 aromatic rings. The van der Waals surface area contributed by atoms with Crippen molar-refractivity contribution in [3.8, 4) is 11.5 Å². The van der Waals surface area contributed by atoms with Crippen LogP contribution in [0.3, 0.4) is 0 Å². The van der Waals surface area contributed by atoms with Gasteiger partial charge in [0.15, 0.2) is 11.5 Å². The van der Waals surface area contributed by atoms with Gasteiger partial charge in [-0.1, -0.05) is 40.2 Å². The van der Waals surface area contributed by atoms with E-state index < -0.39 is 17.8 Å². The normalized spacial score (nSPS) is 14.7. The van der Waals surface area contributed by atoms with Gasteiger partial charge in [0, 0.05) is 4.47 Å². The summed E-state index contributed by atoms with van der Waals surface area (Å²) < 4.78 is 12.7. The Morgan fingerprint density at radius 1 is 0.889 bits per heavy atom. The number of ether oxygens (including phenoxy) is 2. The van der Waals surface area contributed by atoms with Crippen LogP contribution >= 0.6 is 15.9 Å². The first-order valence-electron chi connectivity index (χ1n) is 11.4. The number of hydrogen-bond donors (Lipinski definition) is 1. The van der Waals surface area contributed by atoms with E-state index in [2.05, 4.69) is 21.2 Å². The van der Waals surface area contributed by atoms with Crippen LogP contribution in [0.4, 0.5) is 10.5 Å². The first kappa shape index (κ1) is 25.2. The number of carbonyl (C=O) groups excluding carboxylic acids is 3. The Balaban J connectivity index is 1.61. The zero-order valence-corrected chi connectivity index (χ0v) is 21.7. The average molecular weight is 549 g/mol. The molecule has 1 fully saturated rings. The number of rotatable bonds is 7. The lowest BCUT2D eigenvalue weighted by molar-refractivity contribution is -0.122. The summed E-state index contributed by atoms with van der Waals surface area (Å²) in [5.41, 5.74) is 3.75. The minimum atomic E-state index is -0.780. The van der Waals surface area contributed by atoms with Crippen LogP contribution in [0.2, 0.25) is 0 Å². The van der Waals surface area contributed by atoms with Gasteiger partial charge in [-0.05, 0) is 85.5 Å². The number of benzene rings is 3. The smallest absolute Gasteiger partial charge is 0.335 e. The molecule has 8 heteroatoms. The molecule has 1 aliphatic heterocycles. The van der Waals surface area contributed by atoms with Gasteiger partial charge in [-0.2, -0.15) is 0 Å². The summed E-state index contributed by atoms with van der Waals surface area (Å²) in [5.74, 6) is -0.429. The number of nitrogens with zero attached hydrogens (tertiary/aromatic N) is 1. The van der Waals surface area contributed by atoms with Crippen molar-refractivity contribution in [2.75, 3.05) is 11.5 Å². The fourth-order valence-electron chi connectivity index (χ4n) is 3.67. The van der Waals surface area contributed by atoms with Crippen LogP contribution in [0.15, 0.2) is 70.7 Å². The monoisotopic (exact) mass is 548 g/mol. The van der Waals surface area contributed by atoms with E-state index in [1.165, 1.54) is 6.08 Å². The number of urea groups is 1. The molecule has 4 amide bonds. The zero-order chi connectivity index (χ0) is 25.8. The molecule has 0 bridgehead atoms. The number of carbonyl (C=O) groups is 3. The summed E-state index contributed by atoms with van der Waals surface area (Å²) in [6.45, 7) is 6.44. The molecular weight excluding hydrogens is 524 g/mol. The Morgan fingerprint density at radius 2 is 1.64 bits per heavy atom. The number of nitrogens with one attached hydrogen (secondary N) is 1. The summed E-state index contributed by atoms with van der Waals surface area (Å²) in [6, 6.07) is 17.4. The Hall–Kier alpha value is -3.91. The average Bonchev–Trinajstić information content (AvgIpc) is 2.84. The summed E-state index contributed by atoms with van der Waals surface area (Å²) in [7, 11) is 0. The molecule has 3 aromatic carbocycles. The summed E-state index contributed by atoms with van der Waals surface area (Å²) in [6.07, 6.45) is 1.44. The Morgan fingerprint density at radius 3 is 2.33 bits per heavy atom. The van der Waals surface area contributed by atoms with Crippen molar-refractivity contribution < 1.29 is 23.9 Å². The number of halogens is 1. The lowest BCUT2D eigenvalue weighted by Crippen LogP contribution is -2.54. The van der Waals surface area contributed by atoms with Crippen LogP contribution in [-0.4, -0.2) is 24.5 Å². The van der Waals surface area contributed by atoms with Crippen LogP contribution < -0.4 is 19.7 Å². The summed E-state index contributed by atoms with van der Waals surface area (Å²) in [4.78, 5) is 39.3. The summed E-state index contributed by atoms with van der Waals surface area (Å²) >= 11 is 3.42. The van der Waals surface area contributed by atoms with Crippen LogP contribution in [-0.2, 0) is 16.2 Å². The van der Waals surface area contributed by atoms with Gasteiger partial charge in [0.25, 0.3) is 11.8 Å². The van der Waals surface area contributed by atoms with E-state index in [1.807, 2.05) is 51.1 Å². The largest absolute Gasteiger partial charge is 0.490 e. The highest BCUT2D eigenvalue weighted by Crippen LogP contribution is 2.31. The lowest BCUT2D eigenvalue weighted by atomic mass is 10.0. The van der Waals surface area contributed by atoms with Gasteiger partial charge in [-0.25, -0.2) is 9.69 Å². The number of barbiturate groups is 1. The van der Waals surface area contributed by atoms with E-state index in [-0.39, 0.29) is 5.57 Å². The van der Waals surface area contributed by atoms with Gasteiger partial charge in [0.05, 0.1) is 12.3 Å². The second kappa shape index (κ2) is 10.8. The zero-order valence-electron chi connectivity index (χ0n) is 20.1. The second-order valence-electron chi connectivity index (χ2n) is 8.28. The molecule has 1 aliphatic rings. The number of imide groups is 2. The first-order valence-corrected chi connectivity index (χ1v) is 12.2. The Kier molecular flexibility index (Phi) is 7.55. The van der Waals surface area contributed by atoms with Crippen LogP contribution in [0.1, 0.15) is 29.2 Å². The van der Waals surface area contributed by atoms with Crippen LogP contribution in [0.25, 0.3) is 6.08 Å².